The quantitative estimate of drug-likeness (QED) is 0.296. The number of carbonyl (C=O) groups excluding carboxylic acids is 1. The first-order valence-electron chi connectivity index (χ1n) is 10.7. The number of rotatable bonds is 18. The Kier molecular flexibility index (Phi) is 15.0. The molecule has 1 unspecified atom stereocenters. The number of carbonyl (C=O) groups is 1. The van der Waals surface area contributed by atoms with Crippen molar-refractivity contribution in [2.45, 2.75) is 83.7 Å². The van der Waals surface area contributed by atoms with Crippen LogP contribution in [0.25, 0.3) is 0 Å². The molecule has 0 aliphatic rings. The molecule has 0 bridgehead atoms. The summed E-state index contributed by atoms with van der Waals surface area (Å²) in [7, 11) is 6.16. The Morgan fingerprint density at radius 3 is 1.88 bits per heavy atom. The van der Waals surface area contributed by atoms with Gasteiger partial charge in [-0.25, -0.2) is 0 Å². The zero-order valence-electron chi connectivity index (χ0n) is 17.8. The lowest BCUT2D eigenvalue weighted by atomic mass is 10.1. The largest absolute Gasteiger partial charge is 0.550 e. The van der Waals surface area contributed by atoms with Gasteiger partial charge >= 0.3 is 0 Å². The van der Waals surface area contributed by atoms with Gasteiger partial charge in [-0.1, -0.05) is 64.7 Å². The van der Waals surface area contributed by atoms with E-state index in [9.17, 15) is 15.0 Å². The normalized spacial score (nSPS) is 13.3. The minimum Gasteiger partial charge on any atom is -0.550 e. The summed E-state index contributed by atoms with van der Waals surface area (Å²) < 4.78 is 0.702. The molecule has 0 heterocycles. The number of aliphatic hydroxyl groups is 1. The minimum absolute atomic E-state index is 0.0366. The first-order valence-corrected chi connectivity index (χ1v) is 10.7. The first kappa shape index (κ1) is 25.4. The molecule has 1 N–H and O–H groups in total. The number of aliphatic carboxylic acids is 1. The molecule has 26 heavy (non-hydrogen) atoms. The maximum atomic E-state index is 10.8. The average Bonchev–Trinajstić information content (AvgIpc) is 2.52. The highest BCUT2D eigenvalue weighted by atomic mass is 16.4. The summed E-state index contributed by atoms with van der Waals surface area (Å²) in [5.41, 5.74) is 0. The Bertz CT molecular complexity index is 343. The van der Waals surface area contributed by atoms with Crippen molar-refractivity contribution in [2.24, 2.45) is 0 Å². The van der Waals surface area contributed by atoms with Crippen molar-refractivity contribution in [2.75, 3.05) is 47.3 Å². The summed E-state index contributed by atoms with van der Waals surface area (Å²) in [6.45, 7) is 4.78. The van der Waals surface area contributed by atoms with Gasteiger partial charge in [-0.3, -0.25) is 0 Å². The van der Waals surface area contributed by atoms with Crippen molar-refractivity contribution in [3.05, 3.63) is 0 Å². The number of likely N-dealkylation sites (N-methyl/N-ethyl adjacent to an activating group) is 1. The van der Waals surface area contributed by atoms with E-state index in [-0.39, 0.29) is 6.42 Å². The van der Waals surface area contributed by atoms with Crippen LogP contribution in [-0.4, -0.2) is 73.9 Å². The third-order valence-electron chi connectivity index (χ3n) is 4.69. The van der Waals surface area contributed by atoms with E-state index < -0.39 is 12.1 Å². The van der Waals surface area contributed by atoms with Crippen molar-refractivity contribution in [3.63, 3.8) is 0 Å². The minimum atomic E-state index is -1.01. The van der Waals surface area contributed by atoms with Crippen LogP contribution in [0.2, 0.25) is 0 Å². The van der Waals surface area contributed by atoms with Gasteiger partial charge in [0.1, 0.15) is 12.6 Å². The molecule has 0 fully saturated rings. The summed E-state index contributed by atoms with van der Waals surface area (Å²) in [6, 6.07) is 0. The first-order chi connectivity index (χ1) is 12.2. The maximum Gasteiger partial charge on any atom is 0.115 e. The molecule has 0 aromatic heterocycles. The SMILES string of the molecule is CCCCCCCCCCCCN(CCC(=O)[O-])CC(O)C[N+](C)(C)C. The number of hydrogen-bond acceptors (Lipinski definition) is 4. The number of quaternary nitrogens is 1. The molecule has 0 saturated heterocycles. The summed E-state index contributed by atoms with van der Waals surface area (Å²) in [6.07, 6.45) is 12.5. The van der Waals surface area contributed by atoms with Crippen molar-refractivity contribution in [1.29, 1.82) is 0 Å². The highest BCUT2D eigenvalue weighted by Crippen LogP contribution is 2.11. The van der Waals surface area contributed by atoms with Crippen LogP contribution in [-0.2, 0) is 4.79 Å². The van der Waals surface area contributed by atoms with E-state index in [0.717, 1.165) is 13.0 Å². The number of aliphatic hydroxyl groups excluding tert-OH is 1. The fourth-order valence-corrected chi connectivity index (χ4v) is 3.35. The molecule has 1 atom stereocenters. The highest BCUT2D eigenvalue weighted by molar-refractivity contribution is 5.64. The monoisotopic (exact) mass is 372 g/mol. The molecule has 156 valence electrons. The molecular weight excluding hydrogens is 328 g/mol. The predicted molar refractivity (Wildman–Crippen MR) is 107 cm³/mol. The number of carboxylic acids is 1. The highest BCUT2D eigenvalue weighted by Gasteiger charge is 2.18. The second kappa shape index (κ2) is 15.4. The molecule has 0 amide bonds. The lowest BCUT2D eigenvalue weighted by Crippen LogP contribution is -2.46. The van der Waals surface area contributed by atoms with E-state index >= 15 is 0 Å². The number of hydrogen-bond donors (Lipinski definition) is 1. The van der Waals surface area contributed by atoms with E-state index in [2.05, 4.69) is 33.0 Å². The van der Waals surface area contributed by atoms with Gasteiger partial charge in [0.15, 0.2) is 0 Å². The van der Waals surface area contributed by atoms with Crippen molar-refractivity contribution in [1.82, 2.24) is 4.90 Å². The van der Waals surface area contributed by atoms with Gasteiger partial charge in [0.2, 0.25) is 0 Å². The van der Waals surface area contributed by atoms with Gasteiger partial charge in [-0.05, 0) is 19.4 Å². The van der Waals surface area contributed by atoms with Crippen LogP contribution in [0.3, 0.4) is 0 Å². The van der Waals surface area contributed by atoms with Gasteiger partial charge in [-0.15, -0.1) is 0 Å². The van der Waals surface area contributed by atoms with Crippen molar-refractivity contribution < 1.29 is 19.5 Å². The molecule has 0 aromatic rings. The molecular formula is C21H44N2O3. The van der Waals surface area contributed by atoms with Crippen LogP contribution in [0.5, 0.6) is 0 Å². The Hall–Kier alpha value is -0.650. The predicted octanol–water partition coefficient (Wildman–Crippen LogP) is 2.42. The second-order valence-electron chi connectivity index (χ2n) is 8.73. The molecule has 0 aliphatic carbocycles. The zero-order valence-corrected chi connectivity index (χ0v) is 17.8. The van der Waals surface area contributed by atoms with Gasteiger partial charge in [0.05, 0.1) is 21.1 Å². The van der Waals surface area contributed by atoms with Crippen LogP contribution in [0.1, 0.15) is 77.6 Å². The second-order valence-corrected chi connectivity index (χ2v) is 8.73. The van der Waals surface area contributed by atoms with Crippen LogP contribution < -0.4 is 5.11 Å². The van der Waals surface area contributed by atoms with Crippen LogP contribution in [0, 0.1) is 0 Å². The molecule has 0 saturated carbocycles. The lowest BCUT2D eigenvalue weighted by molar-refractivity contribution is -0.873. The topological polar surface area (TPSA) is 63.6 Å². The van der Waals surface area contributed by atoms with Crippen LogP contribution >= 0.6 is 0 Å². The summed E-state index contributed by atoms with van der Waals surface area (Å²) >= 11 is 0. The van der Waals surface area contributed by atoms with E-state index in [4.69, 9.17) is 0 Å². The van der Waals surface area contributed by atoms with Gasteiger partial charge in [-0.2, -0.15) is 0 Å². The van der Waals surface area contributed by atoms with Gasteiger partial charge in [0.25, 0.3) is 0 Å². The number of unbranched alkanes of at least 4 members (excludes halogenated alkanes) is 9. The van der Waals surface area contributed by atoms with E-state index in [0.29, 0.717) is 24.1 Å². The lowest BCUT2D eigenvalue weighted by Gasteiger charge is -2.30. The zero-order chi connectivity index (χ0) is 19.8. The summed E-state index contributed by atoms with van der Waals surface area (Å²) in [4.78, 5) is 12.8. The third-order valence-corrected chi connectivity index (χ3v) is 4.69. The smallest absolute Gasteiger partial charge is 0.115 e. The van der Waals surface area contributed by atoms with E-state index in [1.807, 2.05) is 0 Å². The van der Waals surface area contributed by atoms with Crippen LogP contribution in [0.4, 0.5) is 0 Å². The van der Waals surface area contributed by atoms with Gasteiger partial charge < -0.3 is 24.4 Å². The molecule has 0 aliphatic heterocycles. The average molecular weight is 373 g/mol. The maximum absolute atomic E-state index is 10.8. The Morgan fingerprint density at radius 2 is 1.42 bits per heavy atom. The third kappa shape index (κ3) is 18.2. The van der Waals surface area contributed by atoms with Gasteiger partial charge in [0, 0.05) is 19.1 Å². The number of nitrogens with zero attached hydrogens (tertiary/aromatic N) is 2. The molecule has 0 spiro atoms. The van der Waals surface area contributed by atoms with E-state index in [1.165, 1.54) is 57.8 Å². The Labute approximate surface area is 162 Å². The molecule has 5 nitrogen and oxygen atoms in total. The Morgan fingerprint density at radius 1 is 0.923 bits per heavy atom. The van der Waals surface area contributed by atoms with Crippen molar-refractivity contribution in [3.8, 4) is 0 Å². The standard InChI is InChI=1S/C21H44N2O3/c1-5-6-7-8-9-10-11-12-13-14-16-22(17-15-21(25)26)18-20(24)19-23(2,3)4/h20,24H,5-19H2,1-4H3. The molecule has 0 radical (unpaired) electrons. The molecule has 0 rings (SSSR count). The van der Waals surface area contributed by atoms with E-state index in [1.54, 1.807) is 0 Å². The fraction of sp³-hybridized carbons (Fsp3) is 0.952. The summed E-state index contributed by atoms with van der Waals surface area (Å²) in [5, 5.41) is 21.0. The number of carboxylic acid groups (broad SMARTS) is 1. The van der Waals surface area contributed by atoms with Crippen molar-refractivity contribution >= 4 is 5.97 Å². The molecule has 0 aromatic carbocycles. The molecule has 5 heteroatoms. The van der Waals surface area contributed by atoms with Crippen LogP contribution in [0.15, 0.2) is 0 Å². The summed E-state index contributed by atoms with van der Waals surface area (Å²) in [5.74, 6) is -1.01. The fourth-order valence-electron chi connectivity index (χ4n) is 3.35. The Balaban J connectivity index is 3.91.